The van der Waals surface area contributed by atoms with E-state index in [-0.39, 0.29) is 5.41 Å². The van der Waals surface area contributed by atoms with E-state index in [0.29, 0.717) is 6.54 Å². The summed E-state index contributed by atoms with van der Waals surface area (Å²) < 4.78 is 10.3. The van der Waals surface area contributed by atoms with Gasteiger partial charge in [-0.25, -0.2) is 0 Å². The third-order valence-electron chi connectivity index (χ3n) is 3.37. The van der Waals surface area contributed by atoms with Crippen LogP contribution in [0.1, 0.15) is 37.4 Å². The van der Waals surface area contributed by atoms with Crippen molar-refractivity contribution in [2.45, 2.75) is 37.5 Å². The van der Waals surface area contributed by atoms with Gasteiger partial charge in [-0.15, -0.1) is 0 Å². The molecule has 0 aliphatic heterocycles. The zero-order valence-corrected chi connectivity index (χ0v) is 9.74. The predicted octanol–water partition coefficient (Wildman–Crippen LogP) is 1.03. The Kier molecular flexibility index (Phi) is 3.56. The third kappa shape index (κ3) is 2.10. The summed E-state index contributed by atoms with van der Waals surface area (Å²) in [6, 6.07) is 0. The number of aryl methyl sites for hydroxylation is 1. The highest BCUT2D eigenvalue weighted by atomic mass is 16.5. The Morgan fingerprint density at radius 1 is 1.50 bits per heavy atom. The van der Waals surface area contributed by atoms with Crippen molar-refractivity contribution in [2.24, 2.45) is 5.73 Å². The quantitative estimate of drug-likeness (QED) is 0.732. The minimum Gasteiger partial charge on any atom is -0.385 e. The number of nitrogens with zero attached hydrogens (tertiary/aromatic N) is 2. The topological polar surface area (TPSA) is 74.2 Å². The second-order valence-corrected chi connectivity index (χ2v) is 4.45. The summed E-state index contributed by atoms with van der Waals surface area (Å²) >= 11 is 0. The summed E-state index contributed by atoms with van der Waals surface area (Å²) in [5.74, 6) is 1.50. The molecule has 0 bridgehead atoms. The van der Waals surface area contributed by atoms with E-state index in [0.717, 1.165) is 44.0 Å². The minimum atomic E-state index is -0.0213. The Morgan fingerprint density at radius 3 is 2.88 bits per heavy atom. The molecule has 2 rings (SSSR count). The lowest BCUT2D eigenvalue weighted by molar-refractivity contribution is 0.181. The van der Waals surface area contributed by atoms with Crippen molar-refractivity contribution in [3.8, 4) is 0 Å². The maximum atomic E-state index is 5.78. The van der Waals surface area contributed by atoms with Crippen molar-refractivity contribution in [3.05, 3.63) is 11.7 Å². The van der Waals surface area contributed by atoms with Crippen LogP contribution in [0.5, 0.6) is 0 Å². The van der Waals surface area contributed by atoms with Crippen molar-refractivity contribution >= 4 is 0 Å². The Morgan fingerprint density at radius 2 is 2.31 bits per heavy atom. The molecule has 1 heterocycles. The van der Waals surface area contributed by atoms with Gasteiger partial charge >= 0.3 is 0 Å². The van der Waals surface area contributed by atoms with Gasteiger partial charge < -0.3 is 15.0 Å². The fourth-order valence-electron chi connectivity index (χ4n) is 2.05. The summed E-state index contributed by atoms with van der Waals surface area (Å²) in [5.41, 5.74) is 5.76. The predicted molar refractivity (Wildman–Crippen MR) is 59.1 cm³/mol. The van der Waals surface area contributed by atoms with Crippen LogP contribution in [0.25, 0.3) is 0 Å². The first-order valence-corrected chi connectivity index (χ1v) is 5.83. The van der Waals surface area contributed by atoms with Crippen LogP contribution in [-0.2, 0) is 16.6 Å². The van der Waals surface area contributed by atoms with E-state index in [2.05, 4.69) is 10.1 Å². The smallest absolute Gasteiger partial charge is 0.234 e. The normalized spacial score (nSPS) is 18.4. The summed E-state index contributed by atoms with van der Waals surface area (Å²) in [4.78, 5) is 4.43. The van der Waals surface area contributed by atoms with Crippen LogP contribution in [0.2, 0.25) is 0 Å². The number of rotatable bonds is 6. The summed E-state index contributed by atoms with van der Waals surface area (Å²) in [7, 11) is 1.69. The van der Waals surface area contributed by atoms with Gasteiger partial charge in [-0.2, -0.15) is 4.98 Å². The van der Waals surface area contributed by atoms with Crippen LogP contribution in [-0.4, -0.2) is 30.4 Å². The summed E-state index contributed by atoms with van der Waals surface area (Å²) in [6.07, 6.45) is 5.08. The van der Waals surface area contributed by atoms with Gasteiger partial charge in [0.25, 0.3) is 0 Å². The van der Waals surface area contributed by atoms with Gasteiger partial charge in [0.1, 0.15) is 0 Å². The van der Waals surface area contributed by atoms with Crippen LogP contribution < -0.4 is 5.73 Å². The van der Waals surface area contributed by atoms with Crippen molar-refractivity contribution in [1.82, 2.24) is 10.1 Å². The van der Waals surface area contributed by atoms with E-state index in [4.69, 9.17) is 15.0 Å². The fourth-order valence-corrected chi connectivity index (χ4v) is 2.05. The molecule has 0 saturated heterocycles. The second kappa shape index (κ2) is 4.93. The van der Waals surface area contributed by atoms with Gasteiger partial charge in [-0.1, -0.05) is 11.6 Å². The molecular weight excluding hydrogens is 206 g/mol. The Hall–Kier alpha value is -0.940. The molecule has 1 aliphatic rings. The standard InChI is InChI=1S/C11H19N3O2/c1-15-7-2-4-9-13-10(16-14-9)11(8-12)5-3-6-11/h2-8,12H2,1H3. The van der Waals surface area contributed by atoms with Crippen LogP contribution in [0.4, 0.5) is 0 Å². The number of ether oxygens (including phenoxy) is 1. The zero-order valence-electron chi connectivity index (χ0n) is 9.74. The molecule has 1 aromatic heterocycles. The van der Waals surface area contributed by atoms with E-state index in [1.165, 1.54) is 6.42 Å². The van der Waals surface area contributed by atoms with Gasteiger partial charge in [0.05, 0.1) is 5.41 Å². The number of aromatic nitrogens is 2. The van der Waals surface area contributed by atoms with Crippen LogP contribution in [0, 0.1) is 0 Å². The van der Waals surface area contributed by atoms with E-state index in [1.54, 1.807) is 7.11 Å². The van der Waals surface area contributed by atoms with Crippen molar-refractivity contribution in [3.63, 3.8) is 0 Å². The molecule has 1 saturated carbocycles. The fraction of sp³-hybridized carbons (Fsp3) is 0.818. The molecule has 0 atom stereocenters. The van der Waals surface area contributed by atoms with Crippen LogP contribution in [0.15, 0.2) is 4.52 Å². The van der Waals surface area contributed by atoms with Crippen LogP contribution in [0.3, 0.4) is 0 Å². The van der Waals surface area contributed by atoms with Crippen LogP contribution >= 0.6 is 0 Å². The van der Waals surface area contributed by atoms with E-state index >= 15 is 0 Å². The Bertz CT molecular complexity index is 328. The second-order valence-electron chi connectivity index (χ2n) is 4.45. The highest BCUT2D eigenvalue weighted by molar-refractivity contribution is 5.11. The first-order valence-electron chi connectivity index (χ1n) is 5.83. The van der Waals surface area contributed by atoms with Gasteiger partial charge in [0.15, 0.2) is 5.82 Å². The van der Waals surface area contributed by atoms with E-state index < -0.39 is 0 Å². The Labute approximate surface area is 95.3 Å². The van der Waals surface area contributed by atoms with Crippen molar-refractivity contribution in [2.75, 3.05) is 20.3 Å². The summed E-state index contributed by atoms with van der Waals surface area (Å²) in [5, 5.41) is 3.99. The molecule has 5 heteroatoms. The highest BCUT2D eigenvalue weighted by Gasteiger charge is 2.42. The van der Waals surface area contributed by atoms with Gasteiger partial charge in [-0.3, -0.25) is 0 Å². The molecule has 1 aliphatic carbocycles. The molecule has 0 radical (unpaired) electrons. The lowest BCUT2D eigenvalue weighted by Gasteiger charge is -2.36. The van der Waals surface area contributed by atoms with Crippen molar-refractivity contribution < 1.29 is 9.26 Å². The lowest BCUT2D eigenvalue weighted by atomic mass is 9.69. The SMILES string of the molecule is COCCCc1noc(C2(CN)CCC2)n1. The zero-order chi connectivity index (χ0) is 11.4. The van der Waals surface area contributed by atoms with Gasteiger partial charge in [0.2, 0.25) is 5.89 Å². The molecule has 16 heavy (non-hydrogen) atoms. The molecule has 0 unspecified atom stereocenters. The van der Waals surface area contributed by atoms with Gasteiger partial charge in [0, 0.05) is 26.7 Å². The lowest BCUT2D eigenvalue weighted by Crippen LogP contribution is -2.41. The van der Waals surface area contributed by atoms with E-state index in [1.807, 2.05) is 0 Å². The molecule has 1 fully saturated rings. The maximum absolute atomic E-state index is 5.78. The molecule has 5 nitrogen and oxygen atoms in total. The molecule has 90 valence electrons. The molecule has 0 aromatic carbocycles. The summed E-state index contributed by atoms with van der Waals surface area (Å²) in [6.45, 7) is 1.33. The van der Waals surface area contributed by atoms with Crippen molar-refractivity contribution in [1.29, 1.82) is 0 Å². The Balaban J connectivity index is 1.96. The first kappa shape index (κ1) is 11.5. The number of methoxy groups -OCH3 is 1. The molecular formula is C11H19N3O2. The highest BCUT2D eigenvalue weighted by Crippen LogP contribution is 2.41. The molecule has 1 aromatic rings. The molecule has 0 spiro atoms. The number of hydrogen-bond donors (Lipinski definition) is 1. The first-order chi connectivity index (χ1) is 7.80. The number of nitrogens with two attached hydrogens (primary N) is 1. The average Bonchev–Trinajstić information content (AvgIpc) is 2.67. The van der Waals surface area contributed by atoms with Gasteiger partial charge in [-0.05, 0) is 19.3 Å². The average molecular weight is 225 g/mol. The maximum Gasteiger partial charge on any atom is 0.234 e. The molecule has 0 amide bonds. The molecule has 2 N–H and O–H groups in total. The van der Waals surface area contributed by atoms with E-state index in [9.17, 15) is 0 Å². The number of hydrogen-bond acceptors (Lipinski definition) is 5. The minimum absolute atomic E-state index is 0.0213. The largest absolute Gasteiger partial charge is 0.385 e. The monoisotopic (exact) mass is 225 g/mol. The third-order valence-corrected chi connectivity index (χ3v) is 3.37.